The predicted octanol–water partition coefficient (Wildman–Crippen LogP) is 4.01. The maximum Gasteiger partial charge on any atom is 0.320 e. The number of amides is 2. The van der Waals surface area contributed by atoms with Crippen LogP contribution in [0.2, 0.25) is 5.02 Å². The lowest BCUT2D eigenvalue weighted by molar-refractivity contribution is -0.113. The van der Waals surface area contributed by atoms with Crippen LogP contribution in [-0.4, -0.2) is 24.0 Å². The van der Waals surface area contributed by atoms with Crippen molar-refractivity contribution in [2.24, 2.45) is 0 Å². The number of hydrogen-bond acceptors (Lipinski definition) is 4. The smallest absolute Gasteiger partial charge is 0.320 e. The van der Waals surface area contributed by atoms with Gasteiger partial charge in [0.05, 0.1) is 27.4 Å². The van der Waals surface area contributed by atoms with Crippen LogP contribution in [0.3, 0.4) is 0 Å². The van der Waals surface area contributed by atoms with Gasteiger partial charge in [0.1, 0.15) is 0 Å². The van der Waals surface area contributed by atoms with Gasteiger partial charge >= 0.3 is 6.03 Å². The Labute approximate surface area is 174 Å². The van der Waals surface area contributed by atoms with Crippen LogP contribution in [0.1, 0.15) is 24.1 Å². The first-order chi connectivity index (χ1) is 12.8. The third-order valence-electron chi connectivity index (χ3n) is 4.22. The summed E-state index contributed by atoms with van der Waals surface area (Å²) in [6.07, 6.45) is 0. The molecule has 3 N–H and O–H groups in total. The molecule has 2 amide bonds. The molecule has 8 heteroatoms. The lowest BCUT2D eigenvalue weighted by atomic mass is 9.90. The van der Waals surface area contributed by atoms with E-state index < -0.39 is 12.1 Å². The normalized spacial score (nSPS) is 16.6. The van der Waals surface area contributed by atoms with Crippen molar-refractivity contribution in [2.45, 2.75) is 13.0 Å². The largest absolute Gasteiger partial charge is 0.503 e. The standard InChI is InChI=1S/C19H16ClIN2O4/c1-9(24)13-16(10-6-4-3-5-7-10)22-19(26)23-17(13)11-8-12(27-2)18(25)15(21)14(11)20/h3-8,17,25H,1-2H3,(H2,22,23,26)/t17-/m1/s1. The second-order valence-electron chi connectivity index (χ2n) is 5.89. The minimum Gasteiger partial charge on any atom is -0.503 e. The van der Waals surface area contributed by atoms with Gasteiger partial charge in [-0.2, -0.15) is 0 Å². The van der Waals surface area contributed by atoms with Gasteiger partial charge in [-0.25, -0.2) is 4.79 Å². The molecule has 0 spiro atoms. The Hall–Kier alpha value is -2.26. The number of benzene rings is 2. The van der Waals surface area contributed by atoms with Crippen LogP contribution in [0.4, 0.5) is 4.79 Å². The molecule has 2 aromatic carbocycles. The van der Waals surface area contributed by atoms with Gasteiger partial charge in [-0.3, -0.25) is 4.79 Å². The summed E-state index contributed by atoms with van der Waals surface area (Å²) in [5.74, 6) is -0.107. The summed E-state index contributed by atoms with van der Waals surface area (Å²) in [6, 6.07) is 9.40. The maximum absolute atomic E-state index is 12.5. The summed E-state index contributed by atoms with van der Waals surface area (Å²) in [6.45, 7) is 1.43. The minimum atomic E-state index is -0.790. The maximum atomic E-state index is 12.5. The number of Topliss-reactive ketones (excluding diaryl/α,β-unsaturated/α-hetero) is 1. The number of ether oxygens (including phenoxy) is 1. The van der Waals surface area contributed by atoms with Crippen molar-refractivity contribution in [1.29, 1.82) is 0 Å². The zero-order chi connectivity index (χ0) is 19.7. The number of rotatable bonds is 4. The zero-order valence-electron chi connectivity index (χ0n) is 14.5. The fourth-order valence-electron chi connectivity index (χ4n) is 2.99. The van der Waals surface area contributed by atoms with Crippen molar-refractivity contribution < 1.29 is 19.4 Å². The number of carbonyl (C=O) groups is 2. The van der Waals surface area contributed by atoms with Crippen molar-refractivity contribution in [1.82, 2.24) is 10.6 Å². The fraction of sp³-hybridized carbons (Fsp3) is 0.158. The van der Waals surface area contributed by atoms with E-state index in [-0.39, 0.29) is 22.3 Å². The number of ketones is 1. The van der Waals surface area contributed by atoms with Crippen LogP contribution >= 0.6 is 34.2 Å². The first-order valence-electron chi connectivity index (χ1n) is 7.98. The molecular formula is C19H16ClIN2O4. The molecule has 0 aromatic heterocycles. The van der Waals surface area contributed by atoms with Gasteiger partial charge in [0.15, 0.2) is 17.3 Å². The predicted molar refractivity (Wildman–Crippen MR) is 111 cm³/mol. The SMILES string of the molecule is COc1cc([C@H]2NC(=O)NC(c3ccccc3)=C2C(C)=O)c(Cl)c(I)c1O. The second-order valence-corrected chi connectivity index (χ2v) is 7.34. The number of methoxy groups -OCH3 is 1. The third kappa shape index (κ3) is 3.61. The van der Waals surface area contributed by atoms with Gasteiger partial charge in [0, 0.05) is 11.1 Å². The Balaban J connectivity index is 2.27. The average molecular weight is 499 g/mol. The molecule has 0 bridgehead atoms. The molecule has 27 heavy (non-hydrogen) atoms. The lowest BCUT2D eigenvalue weighted by Gasteiger charge is -2.30. The van der Waals surface area contributed by atoms with Crippen LogP contribution in [0.15, 0.2) is 42.0 Å². The summed E-state index contributed by atoms with van der Waals surface area (Å²) in [5.41, 5.74) is 1.96. The quantitative estimate of drug-likeness (QED) is 0.556. The highest BCUT2D eigenvalue weighted by atomic mass is 127. The Kier molecular flexibility index (Phi) is 5.61. The van der Waals surface area contributed by atoms with E-state index in [1.165, 1.54) is 20.1 Å². The molecule has 3 rings (SSSR count). The van der Waals surface area contributed by atoms with Crippen molar-refractivity contribution >= 4 is 51.7 Å². The van der Waals surface area contributed by atoms with E-state index in [0.29, 0.717) is 26.0 Å². The van der Waals surface area contributed by atoms with E-state index in [1.807, 2.05) is 52.9 Å². The second kappa shape index (κ2) is 7.77. The van der Waals surface area contributed by atoms with E-state index in [2.05, 4.69) is 10.6 Å². The van der Waals surface area contributed by atoms with E-state index in [0.717, 1.165) is 0 Å². The summed E-state index contributed by atoms with van der Waals surface area (Å²) in [5, 5.41) is 15.9. The number of nitrogens with one attached hydrogen (secondary N) is 2. The van der Waals surface area contributed by atoms with Gasteiger partial charge in [0.25, 0.3) is 0 Å². The molecule has 2 aromatic rings. The Morgan fingerprint density at radius 3 is 2.56 bits per heavy atom. The zero-order valence-corrected chi connectivity index (χ0v) is 17.4. The number of phenols is 1. The van der Waals surface area contributed by atoms with Gasteiger partial charge in [-0.15, -0.1) is 0 Å². The van der Waals surface area contributed by atoms with Gasteiger partial charge in [0.2, 0.25) is 0 Å². The van der Waals surface area contributed by atoms with Crippen molar-refractivity contribution in [3.63, 3.8) is 0 Å². The molecule has 140 valence electrons. The highest BCUT2D eigenvalue weighted by Gasteiger charge is 2.34. The van der Waals surface area contributed by atoms with Crippen molar-refractivity contribution in [2.75, 3.05) is 7.11 Å². The van der Waals surface area contributed by atoms with Gasteiger partial charge < -0.3 is 20.5 Å². The fourth-order valence-corrected chi connectivity index (χ4v) is 3.82. The summed E-state index contributed by atoms with van der Waals surface area (Å²) in [7, 11) is 1.42. The lowest BCUT2D eigenvalue weighted by Crippen LogP contribution is -2.44. The van der Waals surface area contributed by atoms with Crippen LogP contribution in [0.25, 0.3) is 5.70 Å². The average Bonchev–Trinajstić information content (AvgIpc) is 2.66. The van der Waals surface area contributed by atoms with E-state index in [4.69, 9.17) is 16.3 Å². The molecule has 0 unspecified atom stereocenters. The highest BCUT2D eigenvalue weighted by Crippen LogP contribution is 2.43. The Bertz CT molecular complexity index is 960. The molecule has 0 radical (unpaired) electrons. The molecule has 0 fully saturated rings. The number of hydrogen-bond donors (Lipinski definition) is 3. The number of aromatic hydroxyl groups is 1. The molecule has 1 aliphatic rings. The van der Waals surface area contributed by atoms with Crippen LogP contribution < -0.4 is 15.4 Å². The first-order valence-corrected chi connectivity index (χ1v) is 9.43. The molecule has 6 nitrogen and oxygen atoms in total. The molecule has 1 aliphatic heterocycles. The third-order valence-corrected chi connectivity index (χ3v) is 6.00. The number of phenolic OH excluding ortho intramolecular Hbond substituents is 1. The van der Waals surface area contributed by atoms with Crippen LogP contribution in [-0.2, 0) is 4.79 Å². The van der Waals surface area contributed by atoms with Crippen LogP contribution in [0.5, 0.6) is 11.5 Å². The molecule has 0 saturated heterocycles. The Morgan fingerprint density at radius 1 is 1.30 bits per heavy atom. The summed E-state index contributed by atoms with van der Waals surface area (Å²) < 4.78 is 5.58. The molecular weight excluding hydrogens is 483 g/mol. The van der Waals surface area contributed by atoms with Crippen molar-refractivity contribution in [3.8, 4) is 11.5 Å². The van der Waals surface area contributed by atoms with Gasteiger partial charge in [-0.05, 0) is 41.1 Å². The molecule has 1 atom stereocenters. The summed E-state index contributed by atoms with van der Waals surface area (Å²) in [4.78, 5) is 24.8. The first kappa shape index (κ1) is 19.5. The molecule has 1 heterocycles. The van der Waals surface area contributed by atoms with E-state index in [9.17, 15) is 14.7 Å². The highest BCUT2D eigenvalue weighted by molar-refractivity contribution is 14.1. The van der Waals surface area contributed by atoms with E-state index in [1.54, 1.807) is 0 Å². The van der Waals surface area contributed by atoms with Gasteiger partial charge in [-0.1, -0.05) is 41.9 Å². The Morgan fingerprint density at radius 2 is 1.96 bits per heavy atom. The minimum absolute atomic E-state index is 0.0938. The molecule has 0 aliphatic carbocycles. The number of halogens is 2. The number of carbonyl (C=O) groups excluding carboxylic acids is 2. The topological polar surface area (TPSA) is 87.7 Å². The number of urea groups is 1. The summed E-state index contributed by atoms with van der Waals surface area (Å²) >= 11 is 8.34. The van der Waals surface area contributed by atoms with Crippen LogP contribution in [0, 0.1) is 3.57 Å². The van der Waals surface area contributed by atoms with Crippen molar-refractivity contribution in [3.05, 3.63) is 61.7 Å². The van der Waals surface area contributed by atoms with E-state index >= 15 is 0 Å². The molecule has 0 saturated carbocycles. The monoisotopic (exact) mass is 498 g/mol.